The Bertz CT molecular complexity index is 978. The predicted octanol–water partition coefficient (Wildman–Crippen LogP) is 5.05. The summed E-state index contributed by atoms with van der Waals surface area (Å²) >= 11 is 1.61. The number of hydrogen-bond donors (Lipinski definition) is 1. The Kier molecular flexibility index (Phi) is 6.64. The van der Waals surface area contributed by atoms with E-state index in [1.807, 2.05) is 30.3 Å². The van der Waals surface area contributed by atoms with E-state index in [9.17, 15) is 4.79 Å². The monoisotopic (exact) mass is 418 g/mol. The molecule has 1 aliphatic rings. The Hall–Kier alpha value is -2.86. The van der Waals surface area contributed by atoms with Crippen molar-refractivity contribution in [1.82, 2.24) is 9.97 Å². The molecule has 0 radical (unpaired) electrons. The highest BCUT2D eigenvalue weighted by Crippen LogP contribution is 2.34. The van der Waals surface area contributed by atoms with Gasteiger partial charge in [0.25, 0.3) is 0 Å². The second-order valence-corrected chi connectivity index (χ2v) is 8.49. The van der Waals surface area contributed by atoms with E-state index in [1.54, 1.807) is 24.2 Å². The van der Waals surface area contributed by atoms with Gasteiger partial charge >= 0.3 is 0 Å². The van der Waals surface area contributed by atoms with Crippen LogP contribution in [0.15, 0.2) is 76.9 Å². The van der Waals surface area contributed by atoms with E-state index in [0.29, 0.717) is 6.54 Å². The first-order valence-electron chi connectivity index (χ1n) is 10.4. The minimum Gasteiger partial charge on any atom is -0.354 e. The molecule has 0 aliphatic carbocycles. The van der Waals surface area contributed by atoms with Crippen molar-refractivity contribution < 1.29 is 4.79 Å². The van der Waals surface area contributed by atoms with E-state index in [0.717, 1.165) is 47.2 Å². The number of carbonyl (C=O) groups is 1. The maximum absolute atomic E-state index is 12.9. The van der Waals surface area contributed by atoms with Crippen LogP contribution in [0, 0.1) is 5.92 Å². The largest absolute Gasteiger partial charge is 0.354 e. The van der Waals surface area contributed by atoms with Gasteiger partial charge in [0.1, 0.15) is 5.03 Å². The molecule has 6 heteroatoms. The lowest BCUT2D eigenvalue weighted by Crippen LogP contribution is -2.41. The second kappa shape index (κ2) is 9.76. The van der Waals surface area contributed by atoms with Gasteiger partial charge in [0.15, 0.2) is 5.82 Å². The summed E-state index contributed by atoms with van der Waals surface area (Å²) in [5.74, 6) is 0.863. The van der Waals surface area contributed by atoms with Crippen LogP contribution in [0.3, 0.4) is 0 Å². The molecule has 0 bridgehead atoms. The third-order valence-corrected chi connectivity index (χ3v) is 6.31. The summed E-state index contributed by atoms with van der Waals surface area (Å²) in [6, 6.07) is 18.3. The Morgan fingerprint density at radius 3 is 2.63 bits per heavy atom. The first-order valence-corrected chi connectivity index (χ1v) is 11.2. The highest BCUT2D eigenvalue weighted by atomic mass is 32.2. The highest BCUT2D eigenvalue weighted by molar-refractivity contribution is 7.99. The first kappa shape index (κ1) is 20.4. The molecule has 0 saturated carbocycles. The van der Waals surface area contributed by atoms with Gasteiger partial charge in [-0.1, -0.05) is 49.0 Å². The summed E-state index contributed by atoms with van der Waals surface area (Å²) in [4.78, 5) is 25.4. The van der Waals surface area contributed by atoms with Gasteiger partial charge in [0.05, 0.1) is 5.92 Å². The lowest BCUT2D eigenvalue weighted by atomic mass is 9.97. The molecule has 5 nitrogen and oxygen atoms in total. The fourth-order valence-corrected chi connectivity index (χ4v) is 4.56. The number of amides is 1. The Morgan fingerprint density at radius 2 is 1.87 bits per heavy atom. The molecule has 1 N–H and O–H groups in total. The molecule has 30 heavy (non-hydrogen) atoms. The first-order chi connectivity index (χ1) is 14.7. The summed E-state index contributed by atoms with van der Waals surface area (Å²) in [6.07, 6.45) is 6.29. The normalized spacial score (nSPS) is 16.3. The molecule has 154 valence electrons. The van der Waals surface area contributed by atoms with Crippen LogP contribution in [0.4, 0.5) is 11.5 Å². The van der Waals surface area contributed by atoms with Gasteiger partial charge < -0.3 is 10.2 Å². The number of nitrogens with zero attached hydrogens (tertiary/aromatic N) is 3. The molecule has 1 aliphatic heterocycles. The average molecular weight is 419 g/mol. The average Bonchev–Trinajstić information content (AvgIpc) is 2.81. The number of carbonyl (C=O) groups excluding carboxylic acids is 1. The Labute approximate surface area is 181 Å². The van der Waals surface area contributed by atoms with E-state index in [4.69, 9.17) is 0 Å². The number of rotatable bonds is 6. The molecule has 4 rings (SSSR count). The smallest absolute Gasteiger partial charge is 0.229 e. The predicted molar refractivity (Wildman–Crippen MR) is 122 cm³/mol. The van der Waals surface area contributed by atoms with Crippen molar-refractivity contribution >= 4 is 29.2 Å². The van der Waals surface area contributed by atoms with Gasteiger partial charge in [-0.05, 0) is 49.1 Å². The van der Waals surface area contributed by atoms with Gasteiger partial charge in [-0.25, -0.2) is 9.97 Å². The SMILES string of the molecule is CCc1ccc(NC(=O)[C@H]2CCCN(c3nccnc3Sc3ccccc3)C2)cc1. The zero-order valence-electron chi connectivity index (χ0n) is 17.1. The maximum atomic E-state index is 12.9. The quantitative estimate of drug-likeness (QED) is 0.607. The topological polar surface area (TPSA) is 58.1 Å². The van der Waals surface area contributed by atoms with Gasteiger partial charge in [0.2, 0.25) is 5.91 Å². The fourth-order valence-electron chi connectivity index (χ4n) is 3.66. The molecule has 2 heterocycles. The van der Waals surface area contributed by atoms with Crippen molar-refractivity contribution in [3.63, 3.8) is 0 Å². The standard InChI is InChI=1S/C24H26N4OS/c1-2-18-10-12-20(13-11-18)27-23(29)19-7-6-16-28(17-19)22-24(26-15-14-25-22)30-21-8-4-3-5-9-21/h3-5,8-15,19H,2,6-7,16-17H2,1H3,(H,27,29)/t19-/m0/s1. The van der Waals surface area contributed by atoms with Crippen LogP contribution in [-0.4, -0.2) is 29.0 Å². The third kappa shape index (κ3) is 5.00. The number of piperidine rings is 1. The Balaban J connectivity index is 1.45. The number of aromatic nitrogens is 2. The number of anilines is 2. The van der Waals surface area contributed by atoms with E-state index in [-0.39, 0.29) is 11.8 Å². The van der Waals surface area contributed by atoms with Gasteiger partial charge in [-0.3, -0.25) is 4.79 Å². The molecular formula is C24H26N4OS. The summed E-state index contributed by atoms with van der Waals surface area (Å²) in [7, 11) is 0. The summed E-state index contributed by atoms with van der Waals surface area (Å²) in [5, 5.41) is 3.96. The van der Waals surface area contributed by atoms with Crippen molar-refractivity contribution in [3.05, 3.63) is 72.6 Å². The molecule has 0 unspecified atom stereocenters. The van der Waals surface area contributed by atoms with Crippen LogP contribution in [0.2, 0.25) is 0 Å². The molecule has 3 aromatic rings. The van der Waals surface area contributed by atoms with E-state index in [2.05, 4.69) is 51.4 Å². The zero-order chi connectivity index (χ0) is 20.8. The number of nitrogens with one attached hydrogen (secondary N) is 1. The second-order valence-electron chi connectivity index (χ2n) is 7.43. The molecule has 2 aromatic carbocycles. The number of aryl methyl sites for hydroxylation is 1. The lowest BCUT2D eigenvalue weighted by molar-refractivity contribution is -0.120. The number of hydrogen-bond acceptors (Lipinski definition) is 5. The van der Waals surface area contributed by atoms with Crippen LogP contribution in [0.1, 0.15) is 25.3 Å². The molecule has 1 atom stereocenters. The fraction of sp³-hybridized carbons (Fsp3) is 0.292. The van der Waals surface area contributed by atoms with Crippen molar-refractivity contribution in [1.29, 1.82) is 0 Å². The van der Waals surface area contributed by atoms with Crippen LogP contribution in [0.5, 0.6) is 0 Å². The zero-order valence-corrected chi connectivity index (χ0v) is 17.9. The Morgan fingerprint density at radius 1 is 1.10 bits per heavy atom. The molecule has 0 spiro atoms. The van der Waals surface area contributed by atoms with E-state index in [1.165, 1.54) is 5.56 Å². The van der Waals surface area contributed by atoms with Crippen molar-refractivity contribution in [2.24, 2.45) is 5.92 Å². The molecule has 1 saturated heterocycles. The summed E-state index contributed by atoms with van der Waals surface area (Å²) < 4.78 is 0. The maximum Gasteiger partial charge on any atom is 0.229 e. The minimum absolute atomic E-state index is 0.0683. The molecule has 1 aromatic heterocycles. The summed E-state index contributed by atoms with van der Waals surface area (Å²) in [5.41, 5.74) is 2.12. The van der Waals surface area contributed by atoms with Crippen molar-refractivity contribution in [3.8, 4) is 0 Å². The number of benzene rings is 2. The van der Waals surface area contributed by atoms with Crippen molar-refractivity contribution in [2.45, 2.75) is 36.1 Å². The third-order valence-electron chi connectivity index (χ3n) is 5.33. The highest BCUT2D eigenvalue weighted by Gasteiger charge is 2.28. The van der Waals surface area contributed by atoms with Crippen LogP contribution >= 0.6 is 11.8 Å². The van der Waals surface area contributed by atoms with Gasteiger partial charge in [-0.2, -0.15) is 0 Å². The molecular weight excluding hydrogens is 392 g/mol. The lowest BCUT2D eigenvalue weighted by Gasteiger charge is -2.33. The minimum atomic E-state index is -0.0683. The van der Waals surface area contributed by atoms with Crippen molar-refractivity contribution in [2.75, 3.05) is 23.3 Å². The molecule has 1 fully saturated rings. The van der Waals surface area contributed by atoms with Gasteiger partial charge in [-0.15, -0.1) is 0 Å². The van der Waals surface area contributed by atoms with Crippen LogP contribution < -0.4 is 10.2 Å². The van der Waals surface area contributed by atoms with Gasteiger partial charge in [0, 0.05) is 36.1 Å². The summed E-state index contributed by atoms with van der Waals surface area (Å²) in [6.45, 7) is 3.66. The van der Waals surface area contributed by atoms with Crippen LogP contribution in [0.25, 0.3) is 0 Å². The van der Waals surface area contributed by atoms with E-state index >= 15 is 0 Å². The molecule has 1 amide bonds. The van der Waals surface area contributed by atoms with Crippen LogP contribution in [-0.2, 0) is 11.2 Å². The van der Waals surface area contributed by atoms with E-state index < -0.39 is 0 Å².